The van der Waals surface area contributed by atoms with Crippen LogP contribution in [0.4, 0.5) is 0 Å². The van der Waals surface area contributed by atoms with Crippen LogP contribution < -0.4 is 0 Å². The molecule has 68 valence electrons. The summed E-state index contributed by atoms with van der Waals surface area (Å²) < 4.78 is 0. The first-order valence-corrected chi connectivity index (χ1v) is 3.85. The van der Waals surface area contributed by atoms with Gasteiger partial charge in [-0.05, 0) is 24.1 Å². The van der Waals surface area contributed by atoms with Crippen LogP contribution in [0.3, 0.4) is 0 Å². The fourth-order valence-corrected chi connectivity index (χ4v) is 0.914. The van der Waals surface area contributed by atoms with E-state index in [1.54, 1.807) is 24.5 Å². The quantitative estimate of drug-likeness (QED) is 0.690. The van der Waals surface area contributed by atoms with Crippen LogP contribution in [0.25, 0.3) is 0 Å². The van der Waals surface area contributed by atoms with E-state index < -0.39 is 11.8 Å². The molecule has 1 heterocycles. The van der Waals surface area contributed by atoms with Crippen molar-refractivity contribution in [3.05, 3.63) is 30.1 Å². The Balaban J connectivity index is 2.44. The Kier molecular flexibility index (Phi) is 3.14. The summed E-state index contributed by atoms with van der Waals surface area (Å²) >= 11 is 0. The molecule has 0 saturated carbocycles. The molecule has 1 rings (SSSR count). The number of pyridine rings is 1. The number of carbonyl (C=O) groups excluding carboxylic acids is 1. The van der Waals surface area contributed by atoms with Crippen LogP contribution in [0.15, 0.2) is 24.5 Å². The highest BCUT2D eigenvalue weighted by Crippen LogP contribution is 2.00. The predicted octanol–water partition coefficient (Wildman–Crippen LogP) is 0.668. The van der Waals surface area contributed by atoms with Gasteiger partial charge in [-0.3, -0.25) is 9.78 Å². The van der Waals surface area contributed by atoms with Gasteiger partial charge in [-0.2, -0.15) is 0 Å². The Morgan fingerprint density at radius 2 is 1.92 bits per heavy atom. The highest BCUT2D eigenvalue weighted by molar-refractivity contribution is 6.32. The Morgan fingerprint density at radius 1 is 1.31 bits per heavy atom. The number of carboxylic acids is 1. The van der Waals surface area contributed by atoms with Crippen LogP contribution in [0.1, 0.15) is 12.0 Å². The zero-order valence-corrected chi connectivity index (χ0v) is 6.93. The van der Waals surface area contributed by atoms with Crippen molar-refractivity contribution in [3.8, 4) is 0 Å². The lowest BCUT2D eigenvalue weighted by Gasteiger charge is -1.96. The summed E-state index contributed by atoms with van der Waals surface area (Å²) in [6.45, 7) is 0. The summed E-state index contributed by atoms with van der Waals surface area (Å²) in [5, 5.41) is 8.30. The van der Waals surface area contributed by atoms with Crippen molar-refractivity contribution in [1.82, 2.24) is 4.98 Å². The van der Waals surface area contributed by atoms with Crippen molar-refractivity contribution >= 4 is 11.8 Å². The Hall–Kier alpha value is -1.71. The maximum absolute atomic E-state index is 10.7. The second-order valence-corrected chi connectivity index (χ2v) is 2.58. The molecule has 0 bridgehead atoms. The monoisotopic (exact) mass is 179 g/mol. The molecule has 0 atom stereocenters. The van der Waals surface area contributed by atoms with E-state index in [4.69, 9.17) is 5.11 Å². The van der Waals surface area contributed by atoms with E-state index in [1.165, 1.54) is 0 Å². The molecule has 4 heteroatoms. The molecule has 0 spiro atoms. The van der Waals surface area contributed by atoms with Crippen molar-refractivity contribution < 1.29 is 14.7 Å². The van der Waals surface area contributed by atoms with Gasteiger partial charge in [-0.1, -0.05) is 0 Å². The third kappa shape index (κ3) is 3.02. The SMILES string of the molecule is O=C(O)C(=O)CCc1ccncc1. The molecule has 0 unspecified atom stereocenters. The topological polar surface area (TPSA) is 67.3 Å². The maximum atomic E-state index is 10.7. The zero-order valence-electron chi connectivity index (χ0n) is 6.93. The van der Waals surface area contributed by atoms with Crippen molar-refractivity contribution in [2.45, 2.75) is 12.8 Å². The number of hydrogen-bond acceptors (Lipinski definition) is 3. The first-order chi connectivity index (χ1) is 6.20. The normalized spacial score (nSPS) is 9.54. The van der Waals surface area contributed by atoms with E-state index in [0.717, 1.165) is 5.56 Å². The molecule has 0 saturated heterocycles. The van der Waals surface area contributed by atoms with Gasteiger partial charge in [0.1, 0.15) is 0 Å². The molecule has 0 radical (unpaired) electrons. The lowest BCUT2D eigenvalue weighted by Crippen LogP contribution is -2.12. The fraction of sp³-hybridized carbons (Fsp3) is 0.222. The van der Waals surface area contributed by atoms with Gasteiger partial charge in [-0.25, -0.2) is 4.79 Å². The number of Topliss-reactive ketones (excluding diaryl/α,β-unsaturated/α-hetero) is 1. The summed E-state index contributed by atoms with van der Waals surface area (Å²) in [4.78, 5) is 24.7. The number of aliphatic carboxylic acids is 1. The van der Waals surface area contributed by atoms with Crippen molar-refractivity contribution in [2.75, 3.05) is 0 Å². The standard InChI is InChI=1S/C9H9NO3/c11-8(9(12)13)2-1-7-3-5-10-6-4-7/h3-6H,1-2H2,(H,12,13). The van der Waals surface area contributed by atoms with E-state index in [2.05, 4.69) is 4.98 Å². The van der Waals surface area contributed by atoms with Gasteiger partial charge in [0, 0.05) is 18.8 Å². The molecule has 0 aliphatic heterocycles. The Morgan fingerprint density at radius 3 is 2.46 bits per heavy atom. The van der Waals surface area contributed by atoms with E-state index in [-0.39, 0.29) is 6.42 Å². The van der Waals surface area contributed by atoms with Crippen LogP contribution in [0.2, 0.25) is 0 Å². The number of aryl methyl sites for hydroxylation is 1. The van der Waals surface area contributed by atoms with E-state index in [1.807, 2.05) is 0 Å². The molecule has 0 amide bonds. The third-order valence-electron chi connectivity index (χ3n) is 1.63. The minimum Gasteiger partial charge on any atom is -0.476 e. The fourth-order valence-electron chi connectivity index (χ4n) is 0.914. The highest BCUT2D eigenvalue weighted by atomic mass is 16.4. The number of ketones is 1. The van der Waals surface area contributed by atoms with Gasteiger partial charge in [0.2, 0.25) is 5.78 Å². The number of carbonyl (C=O) groups is 2. The molecule has 1 aromatic heterocycles. The molecular formula is C9H9NO3. The molecule has 1 aromatic rings. The lowest BCUT2D eigenvalue weighted by molar-refractivity contribution is -0.149. The number of carboxylic acid groups (broad SMARTS) is 1. The Labute approximate surface area is 75.2 Å². The van der Waals surface area contributed by atoms with E-state index in [9.17, 15) is 9.59 Å². The molecule has 4 nitrogen and oxygen atoms in total. The largest absolute Gasteiger partial charge is 0.476 e. The van der Waals surface area contributed by atoms with E-state index >= 15 is 0 Å². The smallest absolute Gasteiger partial charge is 0.372 e. The van der Waals surface area contributed by atoms with Gasteiger partial charge in [-0.15, -0.1) is 0 Å². The highest BCUT2D eigenvalue weighted by Gasteiger charge is 2.10. The average molecular weight is 179 g/mol. The Bertz CT molecular complexity index is 308. The summed E-state index contributed by atoms with van der Waals surface area (Å²) in [6, 6.07) is 3.52. The molecule has 1 N–H and O–H groups in total. The van der Waals surface area contributed by atoms with Gasteiger partial charge >= 0.3 is 5.97 Å². The minimum atomic E-state index is -1.37. The second-order valence-electron chi connectivity index (χ2n) is 2.58. The molecular weight excluding hydrogens is 170 g/mol. The van der Waals surface area contributed by atoms with Crippen molar-refractivity contribution in [2.24, 2.45) is 0 Å². The number of nitrogens with zero attached hydrogens (tertiary/aromatic N) is 1. The van der Waals surface area contributed by atoms with Crippen LogP contribution in [0, 0.1) is 0 Å². The zero-order chi connectivity index (χ0) is 9.68. The molecule has 13 heavy (non-hydrogen) atoms. The van der Waals surface area contributed by atoms with Crippen molar-refractivity contribution in [1.29, 1.82) is 0 Å². The summed E-state index contributed by atoms with van der Waals surface area (Å²) in [5.74, 6) is -2.12. The maximum Gasteiger partial charge on any atom is 0.372 e. The molecule has 0 aliphatic carbocycles. The average Bonchev–Trinajstić information content (AvgIpc) is 2.15. The second kappa shape index (κ2) is 4.35. The lowest BCUT2D eigenvalue weighted by atomic mass is 10.1. The summed E-state index contributed by atoms with van der Waals surface area (Å²) in [5.41, 5.74) is 0.921. The van der Waals surface area contributed by atoms with Crippen LogP contribution in [0.5, 0.6) is 0 Å². The molecule has 0 aromatic carbocycles. The van der Waals surface area contributed by atoms with Crippen LogP contribution in [-0.2, 0) is 16.0 Å². The van der Waals surface area contributed by atoms with Crippen LogP contribution >= 0.6 is 0 Å². The van der Waals surface area contributed by atoms with Gasteiger partial charge < -0.3 is 5.11 Å². The first-order valence-electron chi connectivity index (χ1n) is 3.85. The van der Waals surface area contributed by atoms with Gasteiger partial charge in [0.15, 0.2) is 0 Å². The first kappa shape index (κ1) is 9.38. The third-order valence-corrected chi connectivity index (χ3v) is 1.63. The van der Waals surface area contributed by atoms with Gasteiger partial charge in [0.05, 0.1) is 0 Å². The number of hydrogen-bond donors (Lipinski definition) is 1. The van der Waals surface area contributed by atoms with Crippen LogP contribution in [-0.4, -0.2) is 21.8 Å². The number of aromatic nitrogens is 1. The summed E-state index contributed by atoms with van der Waals surface area (Å²) in [7, 11) is 0. The molecule has 0 aliphatic rings. The number of rotatable bonds is 4. The predicted molar refractivity (Wildman–Crippen MR) is 45.2 cm³/mol. The minimum absolute atomic E-state index is 0.0410. The summed E-state index contributed by atoms with van der Waals surface area (Å²) in [6.07, 6.45) is 3.72. The van der Waals surface area contributed by atoms with Crippen molar-refractivity contribution in [3.63, 3.8) is 0 Å². The molecule has 0 fully saturated rings. The van der Waals surface area contributed by atoms with Gasteiger partial charge in [0.25, 0.3) is 0 Å². The van der Waals surface area contributed by atoms with E-state index in [0.29, 0.717) is 6.42 Å².